The normalized spacial score (nSPS) is 14.3. The summed E-state index contributed by atoms with van der Waals surface area (Å²) < 4.78 is 13.6. The number of nitrogens with zero attached hydrogens (tertiary/aromatic N) is 4. The molecule has 0 aliphatic carbocycles. The van der Waals surface area contributed by atoms with Gasteiger partial charge in [-0.2, -0.15) is 0 Å². The van der Waals surface area contributed by atoms with Gasteiger partial charge >= 0.3 is 0 Å². The highest BCUT2D eigenvalue weighted by atomic mass is 19.1. The molecule has 3 aromatic rings. The molecule has 148 valence electrons. The van der Waals surface area contributed by atoms with Gasteiger partial charge in [0, 0.05) is 49.4 Å². The average Bonchev–Trinajstić information content (AvgIpc) is 2.72. The van der Waals surface area contributed by atoms with E-state index < -0.39 is 10.7 Å². The minimum Gasteiger partial charge on any atom is -0.362 e. The number of aryl methyl sites for hydroxylation is 1. The van der Waals surface area contributed by atoms with Crippen molar-refractivity contribution in [1.82, 2.24) is 9.88 Å². The van der Waals surface area contributed by atoms with E-state index in [1.807, 2.05) is 4.90 Å². The molecule has 1 aromatic heterocycles. The van der Waals surface area contributed by atoms with Gasteiger partial charge in [-0.25, -0.2) is 4.39 Å². The van der Waals surface area contributed by atoms with Crippen LogP contribution in [0, 0.1) is 22.9 Å². The fourth-order valence-corrected chi connectivity index (χ4v) is 3.72. The maximum Gasteiger partial charge on any atom is 0.292 e. The molecule has 1 fully saturated rings. The third-order valence-corrected chi connectivity index (χ3v) is 5.12. The number of amides is 1. The molecule has 0 unspecified atom stereocenters. The van der Waals surface area contributed by atoms with Crippen LogP contribution in [0.25, 0.3) is 10.9 Å². The Morgan fingerprint density at radius 2 is 1.83 bits per heavy atom. The number of carbonyl (C=O) groups is 1. The van der Waals surface area contributed by atoms with Gasteiger partial charge in [-0.1, -0.05) is 12.1 Å². The van der Waals surface area contributed by atoms with Gasteiger partial charge in [0.05, 0.1) is 16.0 Å². The van der Waals surface area contributed by atoms with Crippen LogP contribution in [0.4, 0.5) is 15.8 Å². The lowest BCUT2D eigenvalue weighted by atomic mass is 10.1. The molecular formula is C21H19FN4O3. The van der Waals surface area contributed by atoms with Crippen molar-refractivity contribution >= 4 is 28.2 Å². The second-order valence-electron chi connectivity index (χ2n) is 7.00. The van der Waals surface area contributed by atoms with E-state index in [1.165, 1.54) is 18.2 Å². The molecule has 2 heterocycles. The van der Waals surface area contributed by atoms with Gasteiger partial charge in [0.25, 0.3) is 11.6 Å². The van der Waals surface area contributed by atoms with E-state index >= 15 is 0 Å². The molecule has 0 saturated carbocycles. The Kier molecular flexibility index (Phi) is 4.84. The number of rotatable bonds is 3. The summed E-state index contributed by atoms with van der Waals surface area (Å²) in [6, 6.07) is 12.6. The van der Waals surface area contributed by atoms with Gasteiger partial charge < -0.3 is 9.80 Å². The van der Waals surface area contributed by atoms with Gasteiger partial charge in [-0.05, 0) is 31.2 Å². The topological polar surface area (TPSA) is 79.6 Å². The van der Waals surface area contributed by atoms with Gasteiger partial charge in [0.1, 0.15) is 11.5 Å². The first kappa shape index (κ1) is 18.8. The Morgan fingerprint density at radius 3 is 2.55 bits per heavy atom. The molecule has 4 rings (SSSR count). The second-order valence-corrected chi connectivity index (χ2v) is 7.00. The fourth-order valence-electron chi connectivity index (χ4n) is 3.72. The number of halogens is 1. The number of piperazine rings is 1. The number of nitro groups is 1. The maximum absolute atomic E-state index is 13.6. The maximum atomic E-state index is 13.6. The van der Waals surface area contributed by atoms with Crippen LogP contribution in [0.1, 0.15) is 16.1 Å². The lowest BCUT2D eigenvalue weighted by molar-refractivity contribution is -0.384. The second kappa shape index (κ2) is 7.46. The summed E-state index contributed by atoms with van der Waals surface area (Å²) in [6.07, 6.45) is 0. The van der Waals surface area contributed by atoms with Crippen LogP contribution in [0.3, 0.4) is 0 Å². The molecule has 0 bridgehead atoms. The number of anilines is 1. The van der Waals surface area contributed by atoms with Crippen molar-refractivity contribution in [3.05, 3.63) is 75.7 Å². The van der Waals surface area contributed by atoms with E-state index in [1.54, 1.807) is 42.2 Å². The number of benzene rings is 2. The Bertz CT molecular complexity index is 1110. The van der Waals surface area contributed by atoms with Crippen molar-refractivity contribution in [3.63, 3.8) is 0 Å². The Hall–Kier alpha value is -3.55. The number of nitro benzene ring substituents is 1. The molecule has 2 aromatic carbocycles. The fraction of sp³-hybridized carbons (Fsp3) is 0.238. The molecule has 0 N–H and O–H groups in total. The van der Waals surface area contributed by atoms with Crippen molar-refractivity contribution < 1.29 is 14.1 Å². The Labute approximate surface area is 166 Å². The molecule has 7 nitrogen and oxygen atoms in total. The predicted octanol–water partition coefficient (Wildman–Crippen LogP) is 3.55. The number of aromatic nitrogens is 1. The highest BCUT2D eigenvalue weighted by Crippen LogP contribution is 2.29. The number of para-hydroxylation sites is 2. The number of carbonyl (C=O) groups excluding carboxylic acids is 1. The summed E-state index contributed by atoms with van der Waals surface area (Å²) >= 11 is 0. The van der Waals surface area contributed by atoms with E-state index in [0.29, 0.717) is 54.0 Å². The monoisotopic (exact) mass is 394 g/mol. The van der Waals surface area contributed by atoms with E-state index in [4.69, 9.17) is 0 Å². The molecule has 0 radical (unpaired) electrons. The van der Waals surface area contributed by atoms with Crippen LogP contribution in [0.2, 0.25) is 0 Å². The van der Waals surface area contributed by atoms with Crippen molar-refractivity contribution in [2.24, 2.45) is 0 Å². The van der Waals surface area contributed by atoms with Crippen molar-refractivity contribution in [1.29, 1.82) is 0 Å². The SMILES string of the molecule is Cc1cc(C(=O)N2CCN(c3ccccc3[N+](=O)[O-])CC2)c2ccc(F)cc2n1. The zero-order valence-corrected chi connectivity index (χ0v) is 15.8. The van der Waals surface area contributed by atoms with Crippen LogP contribution in [0.15, 0.2) is 48.5 Å². The molecular weight excluding hydrogens is 375 g/mol. The van der Waals surface area contributed by atoms with Crippen LogP contribution < -0.4 is 4.90 Å². The number of pyridine rings is 1. The molecule has 29 heavy (non-hydrogen) atoms. The Morgan fingerprint density at radius 1 is 1.10 bits per heavy atom. The van der Waals surface area contributed by atoms with E-state index in [0.717, 1.165) is 0 Å². The molecule has 0 spiro atoms. The summed E-state index contributed by atoms with van der Waals surface area (Å²) in [5.41, 5.74) is 2.21. The minimum absolute atomic E-state index is 0.0602. The van der Waals surface area contributed by atoms with Gasteiger partial charge in [-0.15, -0.1) is 0 Å². The molecule has 1 amide bonds. The predicted molar refractivity (Wildman–Crippen MR) is 108 cm³/mol. The van der Waals surface area contributed by atoms with Crippen molar-refractivity contribution in [3.8, 4) is 0 Å². The van der Waals surface area contributed by atoms with Crippen molar-refractivity contribution in [2.45, 2.75) is 6.92 Å². The number of fused-ring (bicyclic) bond motifs is 1. The summed E-state index contributed by atoms with van der Waals surface area (Å²) in [5.74, 6) is -0.540. The first-order valence-corrected chi connectivity index (χ1v) is 9.28. The largest absolute Gasteiger partial charge is 0.362 e. The quantitative estimate of drug-likeness (QED) is 0.501. The number of hydrogen-bond acceptors (Lipinski definition) is 5. The third kappa shape index (κ3) is 3.61. The highest BCUT2D eigenvalue weighted by Gasteiger charge is 2.27. The smallest absolute Gasteiger partial charge is 0.292 e. The van der Waals surface area contributed by atoms with Crippen LogP contribution in [-0.4, -0.2) is 46.9 Å². The molecule has 8 heteroatoms. The van der Waals surface area contributed by atoms with Crippen molar-refractivity contribution in [2.75, 3.05) is 31.1 Å². The zero-order chi connectivity index (χ0) is 20.5. The van der Waals surface area contributed by atoms with E-state index in [2.05, 4.69) is 4.98 Å². The minimum atomic E-state index is -0.396. The van der Waals surface area contributed by atoms with Crippen LogP contribution in [-0.2, 0) is 0 Å². The Balaban J connectivity index is 1.56. The zero-order valence-electron chi connectivity index (χ0n) is 15.8. The molecule has 0 atom stereocenters. The van der Waals surface area contributed by atoms with Gasteiger partial charge in [0.2, 0.25) is 0 Å². The van der Waals surface area contributed by atoms with Crippen LogP contribution in [0.5, 0.6) is 0 Å². The lowest BCUT2D eigenvalue weighted by Crippen LogP contribution is -2.49. The molecule has 1 saturated heterocycles. The molecule has 1 aliphatic heterocycles. The summed E-state index contributed by atoms with van der Waals surface area (Å²) in [4.78, 5) is 32.0. The standard InChI is InChI=1S/C21H19FN4O3/c1-14-12-17(16-7-6-15(22)13-18(16)23-14)21(27)25-10-8-24(9-11-25)19-4-2-3-5-20(19)26(28)29/h2-7,12-13H,8-11H2,1H3. The number of hydrogen-bond donors (Lipinski definition) is 0. The van der Waals surface area contributed by atoms with E-state index in [-0.39, 0.29) is 11.6 Å². The summed E-state index contributed by atoms with van der Waals surface area (Å²) in [5, 5.41) is 11.9. The molecule has 1 aliphatic rings. The summed E-state index contributed by atoms with van der Waals surface area (Å²) in [6.45, 7) is 3.64. The summed E-state index contributed by atoms with van der Waals surface area (Å²) in [7, 11) is 0. The lowest BCUT2D eigenvalue weighted by Gasteiger charge is -2.36. The third-order valence-electron chi connectivity index (χ3n) is 5.12. The van der Waals surface area contributed by atoms with Gasteiger partial charge in [0.15, 0.2) is 0 Å². The van der Waals surface area contributed by atoms with Gasteiger partial charge in [-0.3, -0.25) is 19.9 Å². The average molecular weight is 394 g/mol. The van der Waals surface area contributed by atoms with E-state index in [9.17, 15) is 19.3 Å². The first-order valence-electron chi connectivity index (χ1n) is 9.28. The van der Waals surface area contributed by atoms with Crippen LogP contribution >= 0.6 is 0 Å². The highest BCUT2D eigenvalue weighted by molar-refractivity contribution is 6.06. The first-order chi connectivity index (χ1) is 13.9.